The number of aliphatic hydroxyl groups is 1. The van der Waals surface area contributed by atoms with E-state index in [4.69, 9.17) is 4.74 Å². The molecule has 0 saturated heterocycles. The molecular formula is C22H25NO2. The summed E-state index contributed by atoms with van der Waals surface area (Å²) < 4.78 is 5.95. The van der Waals surface area contributed by atoms with Gasteiger partial charge in [-0.1, -0.05) is 78.9 Å². The van der Waals surface area contributed by atoms with E-state index in [0.717, 1.165) is 0 Å². The molecule has 1 aliphatic rings. The van der Waals surface area contributed by atoms with Crippen LogP contribution >= 0.6 is 0 Å². The Hall–Kier alpha value is -2.20. The lowest BCUT2D eigenvalue weighted by Gasteiger charge is -2.37. The molecule has 0 bridgehead atoms. The van der Waals surface area contributed by atoms with E-state index in [1.165, 1.54) is 11.1 Å². The van der Waals surface area contributed by atoms with E-state index in [-0.39, 0.29) is 6.04 Å². The summed E-state index contributed by atoms with van der Waals surface area (Å²) in [5.41, 5.74) is 1.63. The molecule has 3 heteroatoms. The number of nitrogens with one attached hydrogen (secondary N) is 1. The molecule has 2 unspecified atom stereocenters. The Labute approximate surface area is 149 Å². The summed E-state index contributed by atoms with van der Waals surface area (Å²) in [4.78, 5) is 0. The third-order valence-corrected chi connectivity index (χ3v) is 4.54. The molecule has 0 fully saturated rings. The first kappa shape index (κ1) is 17.6. The van der Waals surface area contributed by atoms with Gasteiger partial charge in [-0.15, -0.1) is 0 Å². The highest BCUT2D eigenvalue weighted by Crippen LogP contribution is 2.26. The van der Waals surface area contributed by atoms with Crippen LogP contribution in [0, 0.1) is 0 Å². The van der Waals surface area contributed by atoms with Crippen LogP contribution in [0.4, 0.5) is 0 Å². The zero-order valence-electron chi connectivity index (χ0n) is 14.5. The highest BCUT2D eigenvalue weighted by atomic mass is 16.5. The lowest BCUT2D eigenvalue weighted by Crippen LogP contribution is -2.51. The maximum Gasteiger partial charge on any atom is 0.128 e. The van der Waals surface area contributed by atoms with Gasteiger partial charge in [-0.3, -0.25) is 0 Å². The van der Waals surface area contributed by atoms with Gasteiger partial charge in [0.25, 0.3) is 0 Å². The smallest absolute Gasteiger partial charge is 0.128 e. The lowest BCUT2D eigenvalue weighted by molar-refractivity contribution is -0.0696. The Bertz CT molecular complexity index is 672. The molecule has 2 aromatic rings. The first-order chi connectivity index (χ1) is 12.2. The van der Waals surface area contributed by atoms with E-state index in [1.54, 1.807) is 6.08 Å². The maximum atomic E-state index is 10.5. The largest absolute Gasteiger partial charge is 0.386 e. The van der Waals surface area contributed by atoms with Crippen LogP contribution < -0.4 is 5.32 Å². The van der Waals surface area contributed by atoms with Gasteiger partial charge in [-0.05, 0) is 24.1 Å². The minimum absolute atomic E-state index is 0.0336. The molecule has 0 heterocycles. The summed E-state index contributed by atoms with van der Waals surface area (Å²) in [7, 11) is 0. The second-order valence-corrected chi connectivity index (χ2v) is 6.21. The minimum atomic E-state index is -0.745. The first-order valence-corrected chi connectivity index (χ1v) is 8.76. The monoisotopic (exact) mass is 335 g/mol. The number of hydrogen-bond donors (Lipinski definition) is 2. The van der Waals surface area contributed by atoms with Crippen molar-refractivity contribution in [2.75, 3.05) is 13.2 Å². The third kappa shape index (κ3) is 4.07. The van der Waals surface area contributed by atoms with Crippen molar-refractivity contribution < 1.29 is 9.84 Å². The highest BCUT2D eigenvalue weighted by Gasteiger charge is 2.36. The zero-order chi connectivity index (χ0) is 17.5. The van der Waals surface area contributed by atoms with E-state index < -0.39 is 11.7 Å². The van der Waals surface area contributed by atoms with Crippen molar-refractivity contribution in [3.63, 3.8) is 0 Å². The van der Waals surface area contributed by atoms with Gasteiger partial charge in [0.15, 0.2) is 0 Å². The van der Waals surface area contributed by atoms with Gasteiger partial charge in [0.2, 0.25) is 0 Å². The lowest BCUT2D eigenvalue weighted by atomic mass is 9.90. The first-order valence-electron chi connectivity index (χ1n) is 8.76. The van der Waals surface area contributed by atoms with Crippen molar-refractivity contribution in [2.24, 2.45) is 0 Å². The second-order valence-electron chi connectivity index (χ2n) is 6.21. The van der Waals surface area contributed by atoms with Gasteiger partial charge in [0.05, 0.1) is 6.04 Å². The predicted molar refractivity (Wildman–Crippen MR) is 101 cm³/mol. The van der Waals surface area contributed by atoms with Crippen LogP contribution in [0.15, 0.2) is 85.0 Å². The molecule has 3 nitrogen and oxygen atoms in total. The Kier molecular flexibility index (Phi) is 5.82. The Morgan fingerprint density at radius 2 is 1.60 bits per heavy atom. The molecule has 130 valence electrons. The van der Waals surface area contributed by atoms with Gasteiger partial charge in [0.1, 0.15) is 11.7 Å². The average Bonchev–Trinajstić information content (AvgIpc) is 2.66. The number of aliphatic hydroxyl groups excluding tert-OH is 1. The van der Waals surface area contributed by atoms with Gasteiger partial charge < -0.3 is 15.2 Å². The number of allylic oxidation sites excluding steroid dienone is 2. The standard InChI is InChI=1S/C22H25NO2/c1-2-25-22(16-10-9-15-20(22)24)17-23-21(18-11-5-3-6-12-18)19-13-7-4-8-14-19/h3-16,20-21,23-24H,2,17H2,1H3. The molecule has 0 amide bonds. The SMILES string of the molecule is CCOC1(CNC(c2ccccc2)c2ccccc2)C=CC=CC1O. The number of benzene rings is 2. The van der Waals surface area contributed by atoms with E-state index in [1.807, 2.05) is 61.5 Å². The highest BCUT2D eigenvalue weighted by molar-refractivity contribution is 5.32. The van der Waals surface area contributed by atoms with Gasteiger partial charge in [0, 0.05) is 13.2 Å². The molecule has 0 radical (unpaired) electrons. The van der Waals surface area contributed by atoms with E-state index in [2.05, 4.69) is 29.6 Å². The molecule has 0 aromatic heterocycles. The van der Waals surface area contributed by atoms with Crippen molar-refractivity contribution in [3.05, 3.63) is 96.1 Å². The van der Waals surface area contributed by atoms with E-state index >= 15 is 0 Å². The van der Waals surface area contributed by atoms with Crippen LogP contribution in [0.25, 0.3) is 0 Å². The summed E-state index contributed by atoms with van der Waals surface area (Å²) in [6, 6.07) is 20.7. The van der Waals surface area contributed by atoms with Gasteiger partial charge in [-0.25, -0.2) is 0 Å². The summed E-state index contributed by atoms with van der Waals surface area (Å²) in [6.45, 7) is 3.00. The van der Waals surface area contributed by atoms with Crippen LogP contribution in [0.5, 0.6) is 0 Å². The normalized spacial score (nSPS) is 22.4. The van der Waals surface area contributed by atoms with E-state index in [9.17, 15) is 5.11 Å². The third-order valence-electron chi connectivity index (χ3n) is 4.54. The fourth-order valence-electron chi connectivity index (χ4n) is 3.25. The van der Waals surface area contributed by atoms with E-state index in [0.29, 0.717) is 13.2 Å². The van der Waals surface area contributed by atoms with Crippen molar-refractivity contribution in [2.45, 2.75) is 24.7 Å². The number of rotatable bonds is 7. The topological polar surface area (TPSA) is 41.5 Å². The zero-order valence-corrected chi connectivity index (χ0v) is 14.5. The van der Waals surface area contributed by atoms with Crippen LogP contribution in [-0.2, 0) is 4.74 Å². The van der Waals surface area contributed by atoms with Crippen molar-refractivity contribution in [1.82, 2.24) is 5.32 Å². The molecule has 1 aliphatic carbocycles. The van der Waals surface area contributed by atoms with Crippen LogP contribution in [0.2, 0.25) is 0 Å². The summed E-state index contributed by atoms with van der Waals surface area (Å²) >= 11 is 0. The van der Waals surface area contributed by atoms with Gasteiger partial charge >= 0.3 is 0 Å². The quantitative estimate of drug-likeness (QED) is 0.812. The molecule has 0 aliphatic heterocycles. The Morgan fingerprint density at radius 1 is 1.00 bits per heavy atom. The summed E-state index contributed by atoms with van der Waals surface area (Å²) in [5.74, 6) is 0. The molecule has 25 heavy (non-hydrogen) atoms. The van der Waals surface area contributed by atoms with Crippen LogP contribution in [-0.4, -0.2) is 30.0 Å². The molecule has 0 saturated carbocycles. The van der Waals surface area contributed by atoms with Crippen molar-refractivity contribution >= 4 is 0 Å². The van der Waals surface area contributed by atoms with Gasteiger partial charge in [-0.2, -0.15) is 0 Å². The molecular weight excluding hydrogens is 310 g/mol. The molecule has 2 N–H and O–H groups in total. The number of ether oxygens (including phenoxy) is 1. The molecule has 2 atom stereocenters. The molecule has 0 spiro atoms. The maximum absolute atomic E-state index is 10.5. The summed E-state index contributed by atoms with van der Waals surface area (Å²) in [5, 5.41) is 14.1. The second kappa shape index (κ2) is 8.26. The molecule has 3 rings (SSSR count). The van der Waals surface area contributed by atoms with Crippen LogP contribution in [0.3, 0.4) is 0 Å². The average molecular weight is 335 g/mol. The summed E-state index contributed by atoms with van der Waals surface area (Å²) in [6.07, 6.45) is 6.84. The van der Waals surface area contributed by atoms with Crippen molar-refractivity contribution in [3.8, 4) is 0 Å². The predicted octanol–water partition coefficient (Wildman–Crippen LogP) is 3.63. The van der Waals surface area contributed by atoms with Crippen molar-refractivity contribution in [1.29, 1.82) is 0 Å². The minimum Gasteiger partial charge on any atom is -0.386 e. The number of hydrogen-bond acceptors (Lipinski definition) is 3. The molecule has 2 aromatic carbocycles. The Balaban J connectivity index is 1.85. The fraction of sp³-hybridized carbons (Fsp3) is 0.273. The van der Waals surface area contributed by atoms with Crippen LogP contribution in [0.1, 0.15) is 24.1 Å². The fourth-order valence-corrected chi connectivity index (χ4v) is 3.25. The Morgan fingerprint density at radius 3 is 2.12 bits per heavy atom.